The van der Waals surface area contributed by atoms with Crippen LogP contribution < -0.4 is 15.6 Å². The van der Waals surface area contributed by atoms with Crippen LogP contribution in [-0.2, 0) is 24.2 Å². The molecule has 1 aliphatic rings. The van der Waals surface area contributed by atoms with Crippen LogP contribution in [0.4, 0.5) is 4.39 Å². The van der Waals surface area contributed by atoms with Crippen LogP contribution in [0.1, 0.15) is 17.8 Å². The number of fused-ring (bicyclic) bond motifs is 2. The van der Waals surface area contributed by atoms with Gasteiger partial charge in [0.25, 0.3) is 11.5 Å². The number of carbonyl (C=O) groups is 1. The van der Waals surface area contributed by atoms with Crippen molar-refractivity contribution in [2.45, 2.75) is 25.8 Å². The number of amides is 1. The van der Waals surface area contributed by atoms with Gasteiger partial charge in [0.05, 0.1) is 10.9 Å². The van der Waals surface area contributed by atoms with E-state index in [0.717, 1.165) is 24.2 Å². The summed E-state index contributed by atoms with van der Waals surface area (Å²) in [4.78, 5) is 29.1. The van der Waals surface area contributed by atoms with Gasteiger partial charge in [0.15, 0.2) is 6.61 Å². The molecule has 1 aromatic heterocycles. The van der Waals surface area contributed by atoms with E-state index in [0.29, 0.717) is 36.2 Å². The second kappa shape index (κ2) is 7.80. The van der Waals surface area contributed by atoms with Gasteiger partial charge < -0.3 is 10.1 Å². The fourth-order valence-electron chi connectivity index (χ4n) is 3.35. The van der Waals surface area contributed by atoms with Crippen LogP contribution in [0.15, 0.2) is 47.3 Å². The Morgan fingerprint density at radius 1 is 1.21 bits per heavy atom. The van der Waals surface area contributed by atoms with E-state index in [4.69, 9.17) is 4.74 Å². The van der Waals surface area contributed by atoms with Crippen molar-refractivity contribution in [1.29, 1.82) is 0 Å². The maximum Gasteiger partial charge on any atom is 0.261 e. The maximum absolute atomic E-state index is 12.9. The zero-order valence-corrected chi connectivity index (χ0v) is 15.3. The number of carbonyl (C=O) groups excluding carboxylic acids is 1. The number of aryl methyl sites for hydroxylation is 1. The Hall–Kier alpha value is -3.22. The molecule has 1 aliphatic heterocycles. The molecule has 28 heavy (non-hydrogen) atoms. The Morgan fingerprint density at radius 3 is 2.86 bits per heavy atom. The first-order valence-corrected chi connectivity index (χ1v) is 9.27. The third kappa shape index (κ3) is 3.88. The van der Waals surface area contributed by atoms with Crippen molar-refractivity contribution in [2.24, 2.45) is 0 Å². The molecule has 0 bridgehead atoms. The number of benzene rings is 2. The van der Waals surface area contributed by atoms with E-state index in [-0.39, 0.29) is 23.9 Å². The molecule has 2 heterocycles. The molecule has 1 amide bonds. The van der Waals surface area contributed by atoms with Gasteiger partial charge in [0, 0.05) is 19.5 Å². The number of nitrogens with zero attached hydrogens (tertiary/aromatic N) is 2. The lowest BCUT2D eigenvalue weighted by molar-refractivity contribution is -0.123. The third-order valence-corrected chi connectivity index (χ3v) is 4.81. The quantitative estimate of drug-likeness (QED) is 0.711. The first kappa shape index (κ1) is 18.2. The second-order valence-electron chi connectivity index (χ2n) is 6.78. The lowest BCUT2D eigenvalue weighted by Crippen LogP contribution is -2.30. The normalized spacial score (nSPS) is 12.8. The molecule has 0 saturated heterocycles. The van der Waals surface area contributed by atoms with Crippen LogP contribution in [0.5, 0.6) is 5.75 Å². The highest BCUT2D eigenvalue weighted by Gasteiger charge is 2.16. The van der Waals surface area contributed by atoms with Gasteiger partial charge in [0.2, 0.25) is 0 Å². The van der Waals surface area contributed by atoms with Gasteiger partial charge in [-0.25, -0.2) is 9.37 Å². The third-order valence-electron chi connectivity index (χ3n) is 4.81. The first-order chi connectivity index (χ1) is 13.6. The van der Waals surface area contributed by atoms with E-state index in [9.17, 15) is 14.0 Å². The van der Waals surface area contributed by atoms with Gasteiger partial charge >= 0.3 is 0 Å². The number of rotatable bonds is 6. The van der Waals surface area contributed by atoms with Gasteiger partial charge in [-0.1, -0.05) is 12.1 Å². The van der Waals surface area contributed by atoms with Gasteiger partial charge in [-0.05, 0) is 48.7 Å². The van der Waals surface area contributed by atoms with Crippen molar-refractivity contribution in [3.63, 3.8) is 0 Å². The molecule has 2 aromatic carbocycles. The Balaban J connectivity index is 1.34. The van der Waals surface area contributed by atoms with Crippen molar-refractivity contribution in [3.8, 4) is 5.75 Å². The minimum absolute atomic E-state index is 0.0632. The molecule has 0 fully saturated rings. The fraction of sp³-hybridized carbons (Fsp3) is 0.286. The molecule has 144 valence electrons. The van der Waals surface area contributed by atoms with E-state index in [1.54, 1.807) is 34.9 Å². The molecule has 0 radical (unpaired) electrons. The van der Waals surface area contributed by atoms with Gasteiger partial charge in [0.1, 0.15) is 17.4 Å². The summed E-state index contributed by atoms with van der Waals surface area (Å²) < 4.78 is 20.1. The average molecular weight is 381 g/mol. The SMILES string of the molecule is O=C(COc1ccc2nc3n(c(=O)c2c1)CCC3)NCCc1ccc(F)cc1. The largest absolute Gasteiger partial charge is 0.484 e. The molecule has 0 aliphatic carbocycles. The van der Waals surface area contributed by atoms with Crippen LogP contribution in [0.2, 0.25) is 0 Å². The molecular formula is C21H20FN3O3. The summed E-state index contributed by atoms with van der Waals surface area (Å²) in [5.74, 6) is 0.743. The molecular weight excluding hydrogens is 361 g/mol. The van der Waals surface area contributed by atoms with Crippen LogP contribution in [0.25, 0.3) is 10.9 Å². The Bertz CT molecular complexity index is 1080. The highest BCUT2D eigenvalue weighted by Crippen LogP contribution is 2.19. The van der Waals surface area contributed by atoms with E-state index < -0.39 is 0 Å². The van der Waals surface area contributed by atoms with Gasteiger partial charge in [-0.3, -0.25) is 14.2 Å². The van der Waals surface area contributed by atoms with Crippen LogP contribution >= 0.6 is 0 Å². The minimum Gasteiger partial charge on any atom is -0.484 e. The number of hydrogen-bond acceptors (Lipinski definition) is 4. The predicted octanol–water partition coefficient (Wildman–Crippen LogP) is 2.22. The number of nitrogens with one attached hydrogen (secondary N) is 1. The smallest absolute Gasteiger partial charge is 0.261 e. The topological polar surface area (TPSA) is 73.2 Å². The zero-order chi connectivity index (χ0) is 19.5. The van der Waals surface area contributed by atoms with Crippen LogP contribution in [0, 0.1) is 5.82 Å². The highest BCUT2D eigenvalue weighted by atomic mass is 19.1. The summed E-state index contributed by atoms with van der Waals surface area (Å²) in [5.41, 5.74) is 1.53. The average Bonchev–Trinajstić information content (AvgIpc) is 3.17. The van der Waals surface area contributed by atoms with Crippen molar-refractivity contribution in [2.75, 3.05) is 13.2 Å². The molecule has 0 unspecified atom stereocenters. The first-order valence-electron chi connectivity index (χ1n) is 9.27. The summed E-state index contributed by atoms with van der Waals surface area (Å²) in [6.07, 6.45) is 2.36. The molecule has 6 nitrogen and oxygen atoms in total. The number of ether oxygens (including phenoxy) is 1. The molecule has 3 aromatic rings. The molecule has 7 heteroatoms. The molecule has 0 saturated carbocycles. The van der Waals surface area contributed by atoms with Crippen molar-refractivity contribution < 1.29 is 13.9 Å². The fourth-order valence-corrected chi connectivity index (χ4v) is 3.35. The van der Waals surface area contributed by atoms with Crippen LogP contribution in [-0.4, -0.2) is 28.6 Å². The van der Waals surface area contributed by atoms with E-state index >= 15 is 0 Å². The zero-order valence-electron chi connectivity index (χ0n) is 15.3. The summed E-state index contributed by atoms with van der Waals surface area (Å²) in [7, 11) is 0. The van der Waals surface area contributed by atoms with Crippen molar-refractivity contribution in [3.05, 3.63) is 70.0 Å². The van der Waals surface area contributed by atoms with Gasteiger partial charge in [-0.2, -0.15) is 0 Å². The molecule has 0 atom stereocenters. The Morgan fingerprint density at radius 2 is 2.04 bits per heavy atom. The molecule has 4 rings (SSSR count). The Kier molecular flexibility index (Phi) is 5.06. The lowest BCUT2D eigenvalue weighted by Gasteiger charge is -2.09. The number of hydrogen-bond donors (Lipinski definition) is 1. The predicted molar refractivity (Wildman–Crippen MR) is 103 cm³/mol. The van der Waals surface area contributed by atoms with E-state index in [2.05, 4.69) is 10.3 Å². The summed E-state index contributed by atoms with van der Waals surface area (Å²) >= 11 is 0. The number of halogens is 1. The maximum atomic E-state index is 12.9. The van der Waals surface area contributed by atoms with Crippen molar-refractivity contribution >= 4 is 16.8 Å². The monoisotopic (exact) mass is 381 g/mol. The molecule has 0 spiro atoms. The van der Waals surface area contributed by atoms with Gasteiger partial charge in [-0.15, -0.1) is 0 Å². The second-order valence-corrected chi connectivity index (χ2v) is 6.78. The summed E-state index contributed by atoms with van der Waals surface area (Å²) in [6, 6.07) is 11.3. The van der Waals surface area contributed by atoms with E-state index in [1.165, 1.54) is 12.1 Å². The van der Waals surface area contributed by atoms with Crippen molar-refractivity contribution in [1.82, 2.24) is 14.9 Å². The standard InChI is InChI=1S/C21H20FN3O3/c22-15-5-3-14(4-6-15)9-10-23-20(26)13-28-16-7-8-18-17(12-16)21(27)25-11-1-2-19(25)24-18/h3-8,12H,1-2,9-11,13H2,(H,23,26). The minimum atomic E-state index is -0.281. The number of aromatic nitrogens is 2. The van der Waals surface area contributed by atoms with E-state index in [1.807, 2.05) is 0 Å². The lowest BCUT2D eigenvalue weighted by atomic mass is 10.1. The summed E-state index contributed by atoms with van der Waals surface area (Å²) in [6.45, 7) is 0.982. The molecule has 1 N–H and O–H groups in total. The summed E-state index contributed by atoms with van der Waals surface area (Å²) in [5, 5.41) is 3.26. The Labute approximate surface area is 161 Å². The van der Waals surface area contributed by atoms with Crippen LogP contribution in [0.3, 0.4) is 0 Å². The highest BCUT2D eigenvalue weighted by molar-refractivity contribution is 5.80.